The lowest BCUT2D eigenvalue weighted by atomic mass is 9.78. The number of hydrogen-bond acceptors (Lipinski definition) is 3. The van der Waals surface area contributed by atoms with Gasteiger partial charge in [-0.3, -0.25) is 0 Å². The molecule has 1 unspecified atom stereocenters. The largest absolute Gasteiger partial charge is 0.537 e. The minimum atomic E-state index is -5.28. The average Bonchev–Trinajstić information content (AvgIpc) is 2.94. The Balaban J connectivity index is 2.22. The van der Waals surface area contributed by atoms with Crippen molar-refractivity contribution in [1.82, 2.24) is 0 Å². The van der Waals surface area contributed by atoms with Gasteiger partial charge in [0.25, 0.3) is 10.1 Å². The van der Waals surface area contributed by atoms with Gasteiger partial charge in [-0.25, -0.2) is 0 Å². The molecule has 0 amide bonds. The van der Waals surface area contributed by atoms with Crippen LogP contribution in [0.1, 0.15) is 76.0 Å². The SMILES string of the molecule is CC1=Cc2c(-c3cc(C(C)(C)C)cc(C(C)(C)C)c3)cccc2C1S(=O)(=O)OC(F)(F)F. The van der Waals surface area contributed by atoms with E-state index in [1.54, 1.807) is 18.2 Å². The molecule has 0 fully saturated rings. The summed E-state index contributed by atoms with van der Waals surface area (Å²) in [6.45, 7) is 14.2. The van der Waals surface area contributed by atoms with Crippen LogP contribution in [0.25, 0.3) is 17.2 Å². The lowest BCUT2D eigenvalue weighted by Crippen LogP contribution is -2.24. The summed E-state index contributed by atoms with van der Waals surface area (Å²) in [6.07, 6.45) is -3.63. The third-order valence-electron chi connectivity index (χ3n) is 5.68. The summed E-state index contributed by atoms with van der Waals surface area (Å²) in [4.78, 5) is 0. The van der Waals surface area contributed by atoms with E-state index in [2.05, 4.69) is 63.9 Å². The number of alkyl halides is 3. The van der Waals surface area contributed by atoms with Crippen molar-refractivity contribution in [2.75, 3.05) is 0 Å². The van der Waals surface area contributed by atoms with Gasteiger partial charge in [-0.2, -0.15) is 12.6 Å². The number of halogens is 3. The molecule has 32 heavy (non-hydrogen) atoms. The van der Waals surface area contributed by atoms with Crippen LogP contribution in [0.2, 0.25) is 0 Å². The van der Waals surface area contributed by atoms with Crippen LogP contribution in [0.3, 0.4) is 0 Å². The first-order valence-corrected chi connectivity index (χ1v) is 11.9. The van der Waals surface area contributed by atoms with Crippen LogP contribution >= 0.6 is 0 Å². The van der Waals surface area contributed by atoms with Gasteiger partial charge in [0.05, 0.1) is 0 Å². The highest BCUT2D eigenvalue weighted by molar-refractivity contribution is 7.87. The van der Waals surface area contributed by atoms with Crippen LogP contribution in [0.5, 0.6) is 0 Å². The summed E-state index contributed by atoms with van der Waals surface area (Å²) in [6, 6.07) is 11.4. The maximum absolute atomic E-state index is 12.7. The Labute approximate surface area is 188 Å². The quantitative estimate of drug-likeness (QED) is 0.447. The van der Waals surface area contributed by atoms with E-state index in [1.807, 2.05) is 6.07 Å². The van der Waals surface area contributed by atoms with E-state index in [4.69, 9.17) is 0 Å². The molecule has 2 aromatic rings. The van der Waals surface area contributed by atoms with Crippen molar-refractivity contribution in [3.05, 3.63) is 64.2 Å². The van der Waals surface area contributed by atoms with Gasteiger partial charge in [0, 0.05) is 0 Å². The number of rotatable bonds is 3. The fraction of sp³-hybridized carbons (Fsp3) is 0.440. The van der Waals surface area contributed by atoms with Gasteiger partial charge in [0.15, 0.2) is 0 Å². The number of hydrogen-bond donors (Lipinski definition) is 0. The van der Waals surface area contributed by atoms with Crippen LogP contribution in [0, 0.1) is 0 Å². The minimum absolute atomic E-state index is 0.119. The summed E-state index contributed by atoms with van der Waals surface area (Å²) in [7, 11) is -4.94. The van der Waals surface area contributed by atoms with Gasteiger partial charge in [0.1, 0.15) is 5.25 Å². The second-order valence-corrected chi connectivity index (χ2v) is 12.0. The van der Waals surface area contributed by atoms with Crippen molar-refractivity contribution < 1.29 is 25.8 Å². The van der Waals surface area contributed by atoms with Crippen LogP contribution in [-0.2, 0) is 25.1 Å². The van der Waals surface area contributed by atoms with Gasteiger partial charge in [0.2, 0.25) is 0 Å². The first-order chi connectivity index (χ1) is 14.4. The van der Waals surface area contributed by atoms with Crippen LogP contribution in [-0.4, -0.2) is 14.8 Å². The van der Waals surface area contributed by atoms with Crippen molar-refractivity contribution in [2.24, 2.45) is 0 Å². The fourth-order valence-corrected chi connectivity index (χ4v) is 5.38. The lowest BCUT2D eigenvalue weighted by molar-refractivity contribution is -0.272. The Bertz CT molecular complexity index is 1150. The van der Waals surface area contributed by atoms with Crippen molar-refractivity contribution in [1.29, 1.82) is 0 Å². The zero-order valence-corrected chi connectivity index (χ0v) is 20.2. The van der Waals surface area contributed by atoms with E-state index in [0.29, 0.717) is 16.7 Å². The number of fused-ring (bicyclic) bond motifs is 1. The Kier molecular flexibility index (Phi) is 5.93. The van der Waals surface area contributed by atoms with E-state index in [0.717, 1.165) is 22.3 Å². The van der Waals surface area contributed by atoms with E-state index in [1.165, 1.54) is 6.92 Å². The standard InChI is InChI=1S/C25H29F3O3S/c1-15-11-21-19(9-8-10-20(21)22(15)32(29,30)31-25(26,27)28)16-12-17(23(2,3)4)14-18(13-16)24(5,6)7/h8-14,22H,1-7H3. The first-order valence-electron chi connectivity index (χ1n) is 10.4. The average molecular weight is 467 g/mol. The fourth-order valence-electron chi connectivity index (χ4n) is 3.99. The molecule has 0 radical (unpaired) electrons. The molecule has 0 aliphatic heterocycles. The zero-order chi connectivity index (χ0) is 24.3. The van der Waals surface area contributed by atoms with E-state index >= 15 is 0 Å². The van der Waals surface area contributed by atoms with Gasteiger partial charge >= 0.3 is 6.36 Å². The van der Waals surface area contributed by atoms with Gasteiger partial charge in [-0.05, 0) is 56.7 Å². The molecule has 7 heteroatoms. The summed E-state index contributed by atoms with van der Waals surface area (Å²) in [5.41, 5.74) is 4.89. The van der Waals surface area contributed by atoms with Crippen molar-refractivity contribution in [3.8, 4) is 11.1 Å². The molecule has 174 valence electrons. The molecule has 1 aliphatic carbocycles. The maximum atomic E-state index is 12.7. The second kappa shape index (κ2) is 7.73. The third kappa shape index (κ3) is 4.94. The Hall–Kier alpha value is -2.12. The molecule has 1 atom stereocenters. The zero-order valence-electron chi connectivity index (χ0n) is 19.4. The molecule has 3 rings (SSSR count). The summed E-state index contributed by atoms with van der Waals surface area (Å²) in [5, 5.41) is -1.49. The predicted octanol–water partition coefficient (Wildman–Crippen LogP) is 7.27. The summed E-state index contributed by atoms with van der Waals surface area (Å²) in [5.74, 6) is 0. The lowest BCUT2D eigenvalue weighted by Gasteiger charge is -2.26. The van der Waals surface area contributed by atoms with E-state index in [-0.39, 0.29) is 10.8 Å². The van der Waals surface area contributed by atoms with Gasteiger partial charge < -0.3 is 0 Å². The molecule has 1 aliphatic rings. The Morgan fingerprint density at radius 1 is 0.875 bits per heavy atom. The number of benzene rings is 2. The molecule has 0 aromatic heterocycles. The third-order valence-corrected chi connectivity index (χ3v) is 7.31. The van der Waals surface area contributed by atoms with Crippen molar-refractivity contribution in [2.45, 2.75) is 70.9 Å². The summed E-state index contributed by atoms with van der Waals surface area (Å²) < 4.78 is 66.7. The molecule has 0 spiro atoms. The predicted molar refractivity (Wildman–Crippen MR) is 122 cm³/mol. The minimum Gasteiger partial charge on any atom is -0.198 e. The highest BCUT2D eigenvalue weighted by Gasteiger charge is 2.44. The van der Waals surface area contributed by atoms with E-state index < -0.39 is 21.7 Å². The second-order valence-electron chi connectivity index (χ2n) is 10.4. The normalized spacial score (nSPS) is 17.3. The van der Waals surface area contributed by atoms with Gasteiger partial charge in [-0.15, -0.1) is 13.2 Å². The van der Waals surface area contributed by atoms with Crippen LogP contribution < -0.4 is 0 Å². The molecule has 0 N–H and O–H groups in total. The highest BCUT2D eigenvalue weighted by atomic mass is 32.2. The molecule has 0 bridgehead atoms. The molecule has 0 saturated carbocycles. The Morgan fingerprint density at radius 3 is 1.88 bits per heavy atom. The monoisotopic (exact) mass is 466 g/mol. The molecule has 3 nitrogen and oxygen atoms in total. The van der Waals surface area contributed by atoms with Crippen LogP contribution in [0.4, 0.5) is 13.2 Å². The van der Waals surface area contributed by atoms with Crippen molar-refractivity contribution >= 4 is 16.2 Å². The van der Waals surface area contributed by atoms with E-state index in [9.17, 15) is 21.6 Å². The first kappa shape index (κ1) is 24.5. The Morgan fingerprint density at radius 2 is 1.41 bits per heavy atom. The summed E-state index contributed by atoms with van der Waals surface area (Å²) >= 11 is 0. The van der Waals surface area contributed by atoms with Crippen LogP contribution in [0.15, 0.2) is 42.0 Å². The topological polar surface area (TPSA) is 43.4 Å². The molecular weight excluding hydrogens is 437 g/mol. The molecular formula is C25H29F3O3S. The highest BCUT2D eigenvalue weighted by Crippen LogP contribution is 2.46. The molecule has 2 aromatic carbocycles. The molecule has 0 heterocycles. The van der Waals surface area contributed by atoms with Gasteiger partial charge in [-0.1, -0.05) is 84.0 Å². The van der Waals surface area contributed by atoms with Crippen molar-refractivity contribution in [3.63, 3.8) is 0 Å². The maximum Gasteiger partial charge on any atom is 0.537 e. The molecule has 0 saturated heterocycles. The smallest absolute Gasteiger partial charge is 0.198 e.